The number of aryl methyl sites for hydroxylation is 1. The van der Waals surface area contributed by atoms with Crippen molar-refractivity contribution in [1.29, 1.82) is 0 Å². The van der Waals surface area contributed by atoms with Crippen LogP contribution in [0.5, 0.6) is 0 Å². The molecule has 0 aliphatic rings. The van der Waals surface area contributed by atoms with Gasteiger partial charge in [-0.05, 0) is 31.7 Å². The first-order chi connectivity index (χ1) is 7.84. The summed E-state index contributed by atoms with van der Waals surface area (Å²) >= 11 is 4.73. The molecule has 0 saturated carbocycles. The molecule has 0 unspecified atom stereocenters. The van der Waals surface area contributed by atoms with Crippen molar-refractivity contribution in [1.82, 2.24) is 0 Å². The molecule has 0 atom stereocenters. The van der Waals surface area contributed by atoms with Crippen LogP contribution in [-0.2, 0) is 10.1 Å². The SMILES string of the molecule is CP(C)O.Cc1ccc(C(C)C)cc1.[I][Ru][I]. The summed E-state index contributed by atoms with van der Waals surface area (Å²) in [6.07, 6.45) is 0. The van der Waals surface area contributed by atoms with Crippen molar-refractivity contribution < 1.29 is 15.0 Å². The van der Waals surface area contributed by atoms with Gasteiger partial charge < -0.3 is 4.89 Å². The third kappa shape index (κ3) is 17.7. The molecule has 5 heteroatoms. The number of halogens is 2. The van der Waals surface area contributed by atoms with Crippen LogP contribution in [0.25, 0.3) is 0 Å². The molecule has 0 aromatic heterocycles. The average molecular weight is 567 g/mol. The number of benzene rings is 1. The van der Waals surface area contributed by atoms with Crippen molar-refractivity contribution in [3.05, 3.63) is 35.4 Å². The fourth-order valence-electron chi connectivity index (χ4n) is 0.951. The first-order valence-electron chi connectivity index (χ1n) is 5.13. The van der Waals surface area contributed by atoms with E-state index >= 15 is 0 Å². The van der Waals surface area contributed by atoms with E-state index in [1.807, 2.05) is 0 Å². The zero-order valence-electron chi connectivity index (χ0n) is 10.9. The molecular weight excluding hydrogens is 546 g/mol. The predicted molar refractivity (Wildman–Crippen MR) is 94.3 cm³/mol. The summed E-state index contributed by atoms with van der Waals surface area (Å²) < 4.78 is 0. The second kappa shape index (κ2) is 14.1. The molecule has 0 radical (unpaired) electrons. The number of hydrogen-bond donors (Lipinski definition) is 1. The van der Waals surface area contributed by atoms with Gasteiger partial charge in [0.1, 0.15) is 0 Å². The Balaban J connectivity index is 0. The number of hydrogen-bond acceptors (Lipinski definition) is 1. The van der Waals surface area contributed by atoms with Crippen LogP contribution in [0.3, 0.4) is 0 Å². The Morgan fingerprint density at radius 1 is 1.12 bits per heavy atom. The molecule has 1 aromatic carbocycles. The van der Waals surface area contributed by atoms with Gasteiger partial charge in [0.15, 0.2) is 0 Å². The third-order valence-corrected chi connectivity index (χ3v) is 1.74. The Morgan fingerprint density at radius 3 is 1.65 bits per heavy atom. The van der Waals surface area contributed by atoms with E-state index in [-0.39, 0.29) is 0 Å². The maximum atomic E-state index is 8.12. The van der Waals surface area contributed by atoms with Gasteiger partial charge in [-0.2, -0.15) is 0 Å². The van der Waals surface area contributed by atoms with Gasteiger partial charge in [0.25, 0.3) is 0 Å². The second-order valence-electron chi connectivity index (χ2n) is 3.96. The molecular formula is C12H21I2OPRu. The van der Waals surface area contributed by atoms with E-state index in [1.165, 1.54) is 11.1 Å². The van der Waals surface area contributed by atoms with Crippen LogP contribution in [-0.4, -0.2) is 18.2 Å². The molecule has 1 N–H and O–H groups in total. The summed E-state index contributed by atoms with van der Waals surface area (Å²) in [5.41, 5.74) is 2.76. The van der Waals surface area contributed by atoms with Crippen LogP contribution in [0.4, 0.5) is 0 Å². The Bertz CT molecular complexity index is 263. The van der Waals surface area contributed by atoms with E-state index in [2.05, 4.69) is 84.5 Å². The molecule has 1 rings (SSSR count). The first kappa shape index (κ1) is 21.0. The summed E-state index contributed by atoms with van der Waals surface area (Å²) in [6.45, 7) is 10.1. The molecule has 0 spiro atoms. The van der Waals surface area contributed by atoms with Crippen molar-refractivity contribution in [3.63, 3.8) is 0 Å². The Morgan fingerprint density at radius 2 is 1.41 bits per heavy atom. The van der Waals surface area contributed by atoms with E-state index in [4.69, 9.17) is 4.89 Å². The van der Waals surface area contributed by atoms with E-state index in [1.54, 1.807) is 13.3 Å². The first-order valence-corrected chi connectivity index (χ1v) is 17.7. The minimum atomic E-state index is -0.620. The van der Waals surface area contributed by atoms with Crippen molar-refractivity contribution >= 4 is 47.6 Å². The van der Waals surface area contributed by atoms with Crippen LogP contribution < -0.4 is 0 Å². The summed E-state index contributed by atoms with van der Waals surface area (Å²) in [7, 11) is 0.0296. The summed E-state index contributed by atoms with van der Waals surface area (Å²) in [5.74, 6) is 0.653. The summed E-state index contributed by atoms with van der Waals surface area (Å²) in [4.78, 5) is 8.12. The van der Waals surface area contributed by atoms with Crippen LogP contribution >= 0.6 is 47.6 Å². The normalized spacial score (nSPS) is 9.53. The van der Waals surface area contributed by atoms with Gasteiger partial charge in [-0.15, -0.1) is 0 Å². The van der Waals surface area contributed by atoms with E-state index in [0.29, 0.717) is 16.0 Å². The molecule has 102 valence electrons. The van der Waals surface area contributed by atoms with Crippen molar-refractivity contribution in [2.24, 2.45) is 0 Å². The summed E-state index contributed by atoms with van der Waals surface area (Å²) in [5, 5.41) is 0. The van der Waals surface area contributed by atoms with Gasteiger partial charge in [0.05, 0.1) is 0 Å². The van der Waals surface area contributed by atoms with Gasteiger partial charge in [-0.25, -0.2) is 0 Å². The molecule has 0 saturated heterocycles. The maximum absolute atomic E-state index is 8.12. The zero-order chi connectivity index (χ0) is 13.8. The van der Waals surface area contributed by atoms with Gasteiger partial charge in [-0.1, -0.05) is 43.7 Å². The standard InChI is InChI=1S/C10H14.C2H7OP.2HI.Ru/c1-8(2)10-6-4-9(3)5-7-10;1-4(2)3;;;/h4-8H,1-3H3;3H,1-2H3;2*1H;/q;;;;+2/p-2. The van der Waals surface area contributed by atoms with Crippen LogP contribution in [0.15, 0.2) is 24.3 Å². The monoisotopic (exact) mass is 568 g/mol. The van der Waals surface area contributed by atoms with E-state index in [0.717, 1.165) is 0 Å². The Labute approximate surface area is 136 Å². The van der Waals surface area contributed by atoms with Crippen LogP contribution in [0, 0.1) is 6.92 Å². The predicted octanol–water partition coefficient (Wildman–Crippen LogP) is 5.52. The Kier molecular flexibility index (Phi) is 17.4. The fraction of sp³-hybridized carbons (Fsp3) is 0.500. The molecule has 0 bridgehead atoms. The molecule has 17 heavy (non-hydrogen) atoms. The minimum absolute atomic E-state index is 0.620. The molecule has 0 fully saturated rings. The van der Waals surface area contributed by atoms with Crippen molar-refractivity contribution in [2.75, 3.05) is 13.3 Å². The van der Waals surface area contributed by atoms with Crippen LogP contribution in [0.2, 0.25) is 0 Å². The molecule has 1 aromatic rings. The second-order valence-corrected chi connectivity index (χ2v) is 19.1. The quantitative estimate of drug-likeness (QED) is 0.269. The average Bonchev–Trinajstić information content (AvgIpc) is 2.18. The van der Waals surface area contributed by atoms with Gasteiger partial charge >= 0.3 is 49.6 Å². The van der Waals surface area contributed by atoms with Crippen molar-refractivity contribution in [2.45, 2.75) is 26.7 Å². The molecule has 0 heterocycles. The van der Waals surface area contributed by atoms with Crippen molar-refractivity contribution in [3.8, 4) is 0 Å². The topological polar surface area (TPSA) is 20.2 Å². The van der Waals surface area contributed by atoms with Gasteiger partial charge in [-0.3, -0.25) is 0 Å². The molecule has 1 nitrogen and oxygen atoms in total. The third-order valence-electron chi connectivity index (χ3n) is 1.74. The zero-order valence-corrected chi connectivity index (χ0v) is 17.8. The molecule has 0 aliphatic carbocycles. The Hall–Kier alpha value is 1.69. The fourth-order valence-corrected chi connectivity index (χ4v) is 0.951. The van der Waals surface area contributed by atoms with Crippen LogP contribution in [0.1, 0.15) is 30.9 Å². The number of rotatable bonds is 1. The molecule has 0 aliphatic heterocycles. The van der Waals surface area contributed by atoms with E-state index < -0.39 is 8.15 Å². The van der Waals surface area contributed by atoms with E-state index in [9.17, 15) is 0 Å². The van der Waals surface area contributed by atoms with Gasteiger partial charge in [0.2, 0.25) is 0 Å². The van der Waals surface area contributed by atoms with Gasteiger partial charge in [0, 0.05) is 8.15 Å². The summed E-state index contributed by atoms with van der Waals surface area (Å²) in [6, 6.07) is 8.71. The molecule has 0 amide bonds.